The van der Waals surface area contributed by atoms with Crippen molar-refractivity contribution < 1.29 is 17.6 Å². The van der Waals surface area contributed by atoms with Gasteiger partial charge < -0.3 is 5.32 Å². The van der Waals surface area contributed by atoms with Gasteiger partial charge in [-0.25, -0.2) is 17.9 Å². The maximum atomic E-state index is 13.7. The van der Waals surface area contributed by atoms with Crippen molar-refractivity contribution in [2.45, 2.75) is 11.3 Å². The number of sulfonamides is 1. The monoisotopic (exact) mass is 323 g/mol. The topological polar surface area (TPSA) is 102 Å². The Morgan fingerprint density at radius 2 is 2.09 bits per heavy atom. The number of amides is 1. The van der Waals surface area contributed by atoms with Gasteiger partial charge in [0.1, 0.15) is 5.82 Å². The molecular weight excluding hydrogens is 309 g/mol. The zero-order chi connectivity index (χ0) is 16.2. The van der Waals surface area contributed by atoms with E-state index in [2.05, 4.69) is 10.3 Å². The Bertz CT molecular complexity index is 779. The molecule has 0 aliphatic rings. The van der Waals surface area contributed by atoms with E-state index in [1.54, 1.807) is 18.5 Å². The fourth-order valence-corrected chi connectivity index (χ4v) is 2.36. The quantitative estimate of drug-likeness (QED) is 0.851. The van der Waals surface area contributed by atoms with E-state index in [1.807, 2.05) is 6.07 Å². The minimum atomic E-state index is -3.99. The molecule has 0 fully saturated rings. The van der Waals surface area contributed by atoms with E-state index in [-0.39, 0.29) is 17.0 Å². The van der Waals surface area contributed by atoms with Crippen molar-refractivity contribution in [2.24, 2.45) is 5.14 Å². The van der Waals surface area contributed by atoms with Crippen LogP contribution in [0.1, 0.15) is 15.9 Å². The Labute approximate surface area is 127 Å². The van der Waals surface area contributed by atoms with Crippen LogP contribution in [0.25, 0.3) is 0 Å². The van der Waals surface area contributed by atoms with Gasteiger partial charge in [-0.2, -0.15) is 0 Å². The van der Waals surface area contributed by atoms with E-state index in [0.717, 1.165) is 23.8 Å². The lowest BCUT2D eigenvalue weighted by Crippen LogP contribution is -2.27. The number of hydrogen-bond donors (Lipinski definition) is 2. The van der Waals surface area contributed by atoms with Gasteiger partial charge in [-0.1, -0.05) is 6.07 Å². The second kappa shape index (κ2) is 6.63. The molecule has 0 unspecified atom stereocenters. The fraction of sp³-hybridized carbons (Fsp3) is 0.143. The molecule has 0 aliphatic heterocycles. The Hall–Kier alpha value is -2.32. The lowest BCUT2D eigenvalue weighted by Gasteiger charge is -2.07. The molecule has 0 saturated heterocycles. The van der Waals surface area contributed by atoms with E-state index in [4.69, 9.17) is 5.14 Å². The highest BCUT2D eigenvalue weighted by molar-refractivity contribution is 7.89. The van der Waals surface area contributed by atoms with Crippen molar-refractivity contribution in [1.82, 2.24) is 10.3 Å². The number of aromatic nitrogens is 1. The highest BCUT2D eigenvalue weighted by Crippen LogP contribution is 2.14. The molecule has 1 heterocycles. The van der Waals surface area contributed by atoms with E-state index >= 15 is 0 Å². The van der Waals surface area contributed by atoms with Gasteiger partial charge in [0.05, 0.1) is 10.5 Å². The van der Waals surface area contributed by atoms with Crippen molar-refractivity contribution in [3.05, 3.63) is 59.7 Å². The van der Waals surface area contributed by atoms with Crippen molar-refractivity contribution in [3.63, 3.8) is 0 Å². The number of nitrogens with one attached hydrogen (secondary N) is 1. The van der Waals surface area contributed by atoms with Crippen LogP contribution in [0.2, 0.25) is 0 Å². The molecule has 1 aromatic heterocycles. The Kier molecular flexibility index (Phi) is 4.84. The number of nitrogens with zero attached hydrogens (tertiary/aromatic N) is 1. The number of hydrogen-bond acceptors (Lipinski definition) is 4. The molecule has 2 aromatic rings. The molecule has 8 heteroatoms. The van der Waals surface area contributed by atoms with Crippen LogP contribution in [0.4, 0.5) is 4.39 Å². The molecule has 0 aliphatic carbocycles. The minimum absolute atomic E-state index is 0.267. The summed E-state index contributed by atoms with van der Waals surface area (Å²) in [6.07, 6.45) is 3.82. The zero-order valence-corrected chi connectivity index (χ0v) is 12.3. The van der Waals surface area contributed by atoms with Crippen molar-refractivity contribution >= 4 is 15.9 Å². The SMILES string of the molecule is NS(=O)(=O)c1ccc(F)c(C(=O)NCCc2cccnc2)c1. The third-order valence-electron chi connectivity index (χ3n) is 2.93. The normalized spacial score (nSPS) is 11.2. The molecular formula is C14H14FN3O3S. The van der Waals surface area contributed by atoms with Crippen LogP contribution in [-0.2, 0) is 16.4 Å². The Morgan fingerprint density at radius 1 is 1.32 bits per heavy atom. The molecule has 0 bridgehead atoms. The summed E-state index contributed by atoms with van der Waals surface area (Å²) in [5, 5.41) is 7.49. The molecule has 0 radical (unpaired) electrons. The maximum absolute atomic E-state index is 13.7. The predicted octanol–water partition coefficient (Wildman–Crippen LogP) is 0.841. The molecule has 0 atom stereocenters. The van der Waals surface area contributed by atoms with Gasteiger partial charge in [-0.15, -0.1) is 0 Å². The number of carbonyl (C=O) groups is 1. The number of benzene rings is 1. The first-order valence-corrected chi connectivity index (χ1v) is 7.92. The molecule has 0 saturated carbocycles. The second-order valence-electron chi connectivity index (χ2n) is 4.55. The highest BCUT2D eigenvalue weighted by Gasteiger charge is 2.16. The number of carbonyl (C=O) groups excluding carboxylic acids is 1. The summed E-state index contributed by atoms with van der Waals surface area (Å²) < 4.78 is 36.1. The number of nitrogens with two attached hydrogens (primary N) is 1. The van der Waals surface area contributed by atoms with E-state index in [1.165, 1.54) is 0 Å². The third-order valence-corrected chi connectivity index (χ3v) is 3.84. The smallest absolute Gasteiger partial charge is 0.254 e. The van der Waals surface area contributed by atoms with E-state index in [9.17, 15) is 17.6 Å². The van der Waals surface area contributed by atoms with Gasteiger partial charge in [0, 0.05) is 18.9 Å². The number of pyridine rings is 1. The molecule has 1 amide bonds. The summed E-state index contributed by atoms with van der Waals surface area (Å²) in [5.74, 6) is -1.52. The first-order valence-electron chi connectivity index (χ1n) is 6.37. The summed E-state index contributed by atoms with van der Waals surface area (Å²) in [5.41, 5.74) is 0.555. The number of primary sulfonamides is 1. The molecule has 116 valence electrons. The standard InChI is InChI=1S/C14H14FN3O3S/c15-13-4-3-11(22(16,20)21)8-12(13)14(19)18-7-5-10-2-1-6-17-9-10/h1-4,6,8-9H,5,7H2,(H,18,19)(H2,16,20,21). The average Bonchev–Trinajstić information content (AvgIpc) is 2.47. The molecule has 6 nitrogen and oxygen atoms in total. The van der Waals surface area contributed by atoms with Gasteiger partial charge in [0.15, 0.2) is 0 Å². The second-order valence-corrected chi connectivity index (χ2v) is 6.12. The summed E-state index contributed by atoms with van der Waals surface area (Å²) in [4.78, 5) is 15.6. The van der Waals surface area contributed by atoms with Crippen LogP contribution >= 0.6 is 0 Å². The van der Waals surface area contributed by atoms with Gasteiger partial charge in [-0.3, -0.25) is 9.78 Å². The Morgan fingerprint density at radius 3 is 2.73 bits per heavy atom. The van der Waals surface area contributed by atoms with Gasteiger partial charge in [0.2, 0.25) is 10.0 Å². The van der Waals surface area contributed by atoms with Crippen LogP contribution in [0.3, 0.4) is 0 Å². The summed E-state index contributed by atoms with van der Waals surface area (Å²) >= 11 is 0. The summed E-state index contributed by atoms with van der Waals surface area (Å²) in [7, 11) is -3.99. The van der Waals surface area contributed by atoms with Crippen LogP contribution in [-0.4, -0.2) is 25.9 Å². The lowest BCUT2D eigenvalue weighted by atomic mass is 10.2. The highest BCUT2D eigenvalue weighted by atomic mass is 32.2. The van der Waals surface area contributed by atoms with Gasteiger partial charge >= 0.3 is 0 Å². The fourth-order valence-electron chi connectivity index (χ4n) is 1.82. The van der Waals surface area contributed by atoms with Gasteiger partial charge in [-0.05, 0) is 36.2 Å². The largest absolute Gasteiger partial charge is 0.352 e. The molecule has 3 N–H and O–H groups in total. The maximum Gasteiger partial charge on any atom is 0.254 e. The third kappa shape index (κ3) is 4.09. The molecule has 2 rings (SSSR count). The molecule has 1 aromatic carbocycles. The Balaban J connectivity index is 2.06. The van der Waals surface area contributed by atoms with Crippen LogP contribution in [0.15, 0.2) is 47.6 Å². The van der Waals surface area contributed by atoms with Crippen LogP contribution < -0.4 is 10.5 Å². The number of rotatable bonds is 5. The van der Waals surface area contributed by atoms with Crippen LogP contribution in [0.5, 0.6) is 0 Å². The van der Waals surface area contributed by atoms with E-state index in [0.29, 0.717) is 6.42 Å². The van der Waals surface area contributed by atoms with E-state index < -0.39 is 21.7 Å². The molecule has 0 spiro atoms. The first-order chi connectivity index (χ1) is 10.4. The minimum Gasteiger partial charge on any atom is -0.352 e. The summed E-state index contributed by atoms with van der Waals surface area (Å²) in [6, 6.07) is 6.45. The average molecular weight is 323 g/mol. The van der Waals surface area contributed by atoms with Crippen molar-refractivity contribution in [3.8, 4) is 0 Å². The van der Waals surface area contributed by atoms with Gasteiger partial charge in [0.25, 0.3) is 5.91 Å². The van der Waals surface area contributed by atoms with Crippen molar-refractivity contribution in [2.75, 3.05) is 6.54 Å². The van der Waals surface area contributed by atoms with Crippen molar-refractivity contribution in [1.29, 1.82) is 0 Å². The summed E-state index contributed by atoms with van der Waals surface area (Å²) in [6.45, 7) is 0.267. The molecule has 22 heavy (non-hydrogen) atoms. The lowest BCUT2D eigenvalue weighted by molar-refractivity contribution is 0.0950. The van der Waals surface area contributed by atoms with Crippen LogP contribution in [0, 0.1) is 5.82 Å². The number of halogens is 1. The zero-order valence-electron chi connectivity index (χ0n) is 11.5. The first kappa shape index (κ1) is 16.1. The predicted molar refractivity (Wildman–Crippen MR) is 78.0 cm³/mol.